The predicted octanol–water partition coefficient (Wildman–Crippen LogP) is 4.64. The Kier molecular flexibility index (Phi) is 9.19. The number of anilines is 1. The van der Waals surface area contributed by atoms with Crippen molar-refractivity contribution in [1.29, 1.82) is 0 Å². The van der Waals surface area contributed by atoms with Crippen LogP contribution in [0.3, 0.4) is 0 Å². The van der Waals surface area contributed by atoms with Crippen LogP contribution in [0.4, 0.5) is 5.69 Å². The molecule has 0 amide bonds. The van der Waals surface area contributed by atoms with Gasteiger partial charge in [-0.2, -0.15) is 0 Å². The Labute approximate surface area is 249 Å². The summed E-state index contributed by atoms with van der Waals surface area (Å²) in [6.07, 6.45) is 1.19. The lowest BCUT2D eigenvalue weighted by atomic mass is 10.0. The molecule has 0 atom stereocenters. The lowest BCUT2D eigenvalue weighted by Crippen LogP contribution is -2.42. The minimum absolute atomic E-state index is 0.0187. The second-order valence-corrected chi connectivity index (χ2v) is 13.4. The van der Waals surface area contributed by atoms with Gasteiger partial charge in [0.05, 0.1) is 11.9 Å². The number of aromatic amines is 1. The minimum Gasteiger partial charge on any atom is -0.480 e. The van der Waals surface area contributed by atoms with Gasteiger partial charge >= 0.3 is 5.97 Å². The van der Waals surface area contributed by atoms with Gasteiger partial charge in [-0.3, -0.25) is 0 Å². The van der Waals surface area contributed by atoms with Gasteiger partial charge in [0.2, 0.25) is 10.0 Å². The normalized spacial score (nSPS) is 14.7. The lowest BCUT2D eigenvalue weighted by molar-refractivity contribution is -0.149. The minimum atomic E-state index is -3.37. The monoisotopic (exact) mass is 610 g/mol. The third-order valence-electron chi connectivity index (χ3n) is 6.89. The van der Waals surface area contributed by atoms with Crippen LogP contribution in [-0.2, 0) is 25.3 Å². The van der Waals surface area contributed by atoms with Gasteiger partial charge in [-0.1, -0.05) is 42.5 Å². The number of rotatable bonds is 11. The summed E-state index contributed by atoms with van der Waals surface area (Å²) in [7, 11) is -3.37. The van der Waals surface area contributed by atoms with Gasteiger partial charge < -0.3 is 14.8 Å². The van der Waals surface area contributed by atoms with Crippen molar-refractivity contribution in [2.24, 2.45) is 0 Å². The maximum absolute atomic E-state index is 13.0. The number of hydrogen-bond donors (Lipinski definition) is 2. The van der Waals surface area contributed by atoms with Crippen LogP contribution < -0.4 is 10.1 Å². The van der Waals surface area contributed by atoms with E-state index in [-0.39, 0.29) is 24.5 Å². The Bertz CT molecular complexity index is 1600. The summed E-state index contributed by atoms with van der Waals surface area (Å²) in [6, 6.07) is 17.5. The molecule has 2 N–H and O–H groups in total. The molecule has 0 aliphatic carbocycles. The number of nitrogens with one attached hydrogen (secondary N) is 2. The first kappa shape index (κ1) is 29.7. The van der Waals surface area contributed by atoms with Gasteiger partial charge in [0.15, 0.2) is 12.4 Å². The molecule has 0 spiro atoms. The zero-order valence-corrected chi connectivity index (χ0v) is 25.4. The van der Waals surface area contributed by atoms with Crippen LogP contribution >= 0.6 is 11.3 Å². The Morgan fingerprint density at radius 2 is 1.88 bits per heavy atom. The number of carbonyl (C=O) groups is 1. The number of thiophene rings is 1. The highest BCUT2D eigenvalue weighted by Gasteiger charge is 2.28. The summed E-state index contributed by atoms with van der Waals surface area (Å²) in [4.78, 5) is 13.8. The van der Waals surface area contributed by atoms with E-state index in [1.165, 1.54) is 11.3 Å². The SMILES string of the molecule is Cc1c(-c2cccc(NC3CCN(S(=O)(=O)Cc4ccccc4)CC3)c2)sc(-c2nnn[nH]2)c1OCC(=O)OC(C)C. The molecule has 0 radical (unpaired) electrons. The number of H-pyrrole nitrogens is 1. The summed E-state index contributed by atoms with van der Waals surface area (Å²) >= 11 is 1.47. The zero-order chi connectivity index (χ0) is 29.7. The third-order valence-corrected chi connectivity index (χ3v) is 10.1. The molecule has 5 rings (SSSR count). The standard InChI is InChI=1S/C29H34N6O5S2/c1-19(2)40-25(36)17-39-26-20(3)27(41-28(26)29-31-33-34-32-29)22-10-7-11-24(16-22)30-23-12-14-35(15-13-23)42(37,38)18-21-8-5-4-6-9-21/h4-11,16,19,23,30H,12-15,17-18H2,1-3H3,(H,31,32,33,34). The van der Waals surface area contributed by atoms with E-state index in [0.29, 0.717) is 42.4 Å². The molecule has 1 saturated heterocycles. The molecule has 1 aliphatic rings. The second kappa shape index (κ2) is 13.0. The highest BCUT2D eigenvalue weighted by atomic mass is 32.2. The van der Waals surface area contributed by atoms with E-state index in [4.69, 9.17) is 9.47 Å². The van der Waals surface area contributed by atoms with E-state index in [0.717, 1.165) is 27.3 Å². The molecular formula is C29H34N6O5S2. The number of esters is 1. The van der Waals surface area contributed by atoms with Crippen molar-refractivity contribution in [3.8, 4) is 26.9 Å². The fraction of sp³-hybridized carbons (Fsp3) is 0.379. The molecule has 0 unspecified atom stereocenters. The fourth-order valence-corrected chi connectivity index (χ4v) is 7.67. The molecule has 1 aliphatic heterocycles. The van der Waals surface area contributed by atoms with Crippen molar-refractivity contribution in [2.75, 3.05) is 25.0 Å². The van der Waals surface area contributed by atoms with Crippen molar-refractivity contribution >= 4 is 33.0 Å². The first-order valence-electron chi connectivity index (χ1n) is 13.8. The molecule has 42 heavy (non-hydrogen) atoms. The number of benzene rings is 2. The lowest BCUT2D eigenvalue weighted by Gasteiger charge is -2.32. The van der Waals surface area contributed by atoms with Crippen LogP contribution in [-0.4, -0.2) is 71.2 Å². The Morgan fingerprint density at radius 3 is 2.57 bits per heavy atom. The number of tetrazole rings is 1. The Morgan fingerprint density at radius 1 is 1.12 bits per heavy atom. The molecule has 4 aromatic rings. The van der Waals surface area contributed by atoms with Gasteiger partial charge in [-0.15, -0.1) is 16.4 Å². The molecule has 0 bridgehead atoms. The summed E-state index contributed by atoms with van der Waals surface area (Å²) in [6.45, 7) is 6.24. The molecule has 0 saturated carbocycles. The number of sulfonamides is 1. The van der Waals surface area contributed by atoms with Crippen LogP contribution in [0.25, 0.3) is 21.1 Å². The third kappa shape index (κ3) is 7.15. The van der Waals surface area contributed by atoms with E-state index >= 15 is 0 Å². The molecule has 2 aromatic heterocycles. The van der Waals surface area contributed by atoms with Crippen molar-refractivity contribution in [3.63, 3.8) is 0 Å². The molecule has 222 valence electrons. The van der Waals surface area contributed by atoms with Gasteiger partial charge in [0.25, 0.3) is 0 Å². The Hall–Kier alpha value is -3.81. The van der Waals surface area contributed by atoms with E-state index in [9.17, 15) is 13.2 Å². The second-order valence-electron chi connectivity index (χ2n) is 10.4. The quantitative estimate of drug-likeness (QED) is 0.233. The fourth-order valence-electron chi connectivity index (χ4n) is 4.93. The molecule has 2 aromatic carbocycles. The summed E-state index contributed by atoms with van der Waals surface area (Å²) < 4.78 is 38.7. The van der Waals surface area contributed by atoms with Crippen LogP contribution in [0.15, 0.2) is 54.6 Å². The van der Waals surface area contributed by atoms with E-state index in [1.807, 2.05) is 55.5 Å². The van der Waals surface area contributed by atoms with Gasteiger partial charge in [0.1, 0.15) is 10.6 Å². The average Bonchev–Trinajstić information content (AvgIpc) is 3.60. The van der Waals surface area contributed by atoms with Gasteiger partial charge in [-0.25, -0.2) is 22.6 Å². The highest BCUT2D eigenvalue weighted by Crippen LogP contribution is 2.46. The largest absolute Gasteiger partial charge is 0.480 e. The maximum atomic E-state index is 13.0. The van der Waals surface area contributed by atoms with E-state index in [1.54, 1.807) is 18.2 Å². The topological polar surface area (TPSA) is 139 Å². The number of carbonyl (C=O) groups excluding carboxylic acids is 1. The highest BCUT2D eigenvalue weighted by molar-refractivity contribution is 7.88. The number of piperidine rings is 1. The van der Waals surface area contributed by atoms with Crippen molar-refractivity contribution in [1.82, 2.24) is 24.9 Å². The number of ether oxygens (including phenoxy) is 2. The average molecular weight is 611 g/mol. The summed E-state index contributed by atoms with van der Waals surface area (Å²) in [5, 5.41) is 17.8. The Balaban J connectivity index is 1.28. The van der Waals surface area contributed by atoms with E-state index < -0.39 is 16.0 Å². The molecule has 13 heteroatoms. The molecular weight excluding hydrogens is 576 g/mol. The molecule has 1 fully saturated rings. The zero-order valence-electron chi connectivity index (χ0n) is 23.7. The van der Waals surface area contributed by atoms with Gasteiger partial charge in [0, 0.05) is 35.3 Å². The van der Waals surface area contributed by atoms with Crippen LogP contribution in [0.1, 0.15) is 37.8 Å². The summed E-state index contributed by atoms with van der Waals surface area (Å²) in [5.74, 6) is 0.538. The maximum Gasteiger partial charge on any atom is 0.344 e. The van der Waals surface area contributed by atoms with Gasteiger partial charge in [-0.05, 0) is 67.3 Å². The number of nitrogens with zero attached hydrogens (tertiary/aromatic N) is 4. The first-order valence-corrected chi connectivity index (χ1v) is 16.2. The van der Waals surface area contributed by atoms with E-state index in [2.05, 4.69) is 32.0 Å². The summed E-state index contributed by atoms with van der Waals surface area (Å²) in [5.41, 5.74) is 3.57. The first-order chi connectivity index (χ1) is 20.2. The number of aromatic nitrogens is 4. The van der Waals surface area contributed by atoms with Crippen molar-refractivity contribution < 1.29 is 22.7 Å². The van der Waals surface area contributed by atoms with Crippen molar-refractivity contribution in [3.05, 3.63) is 65.7 Å². The molecule has 11 nitrogen and oxygen atoms in total. The van der Waals surface area contributed by atoms with Crippen LogP contribution in [0.5, 0.6) is 5.75 Å². The number of hydrogen-bond acceptors (Lipinski definition) is 10. The van der Waals surface area contributed by atoms with Crippen LogP contribution in [0.2, 0.25) is 0 Å². The van der Waals surface area contributed by atoms with Crippen LogP contribution in [0, 0.1) is 6.92 Å². The molecule has 3 heterocycles. The van der Waals surface area contributed by atoms with Crippen molar-refractivity contribution in [2.45, 2.75) is 51.5 Å². The predicted molar refractivity (Wildman–Crippen MR) is 162 cm³/mol. The smallest absolute Gasteiger partial charge is 0.344 e.